The molecule has 102 valence electrons. The van der Waals surface area contributed by atoms with E-state index in [1.54, 1.807) is 6.20 Å². The van der Waals surface area contributed by atoms with E-state index >= 15 is 0 Å². The zero-order valence-corrected chi connectivity index (χ0v) is 11.9. The van der Waals surface area contributed by atoms with Gasteiger partial charge in [0.25, 0.3) is 0 Å². The lowest BCUT2D eigenvalue weighted by molar-refractivity contribution is 0.0416. The SMILES string of the molecule is CC1(C)OC(=O)Nc2ncc(-c3cccc(Cl)c3)cc21. The highest BCUT2D eigenvalue weighted by atomic mass is 35.5. The van der Waals surface area contributed by atoms with Crippen LogP contribution in [0.3, 0.4) is 0 Å². The Morgan fingerprint density at radius 3 is 2.80 bits per heavy atom. The number of carbonyl (C=O) groups is 1. The van der Waals surface area contributed by atoms with E-state index in [1.807, 2.05) is 44.2 Å². The van der Waals surface area contributed by atoms with Gasteiger partial charge in [-0.3, -0.25) is 5.32 Å². The molecule has 1 amide bonds. The molecular formula is C15H13ClN2O2. The molecule has 1 aliphatic heterocycles. The summed E-state index contributed by atoms with van der Waals surface area (Å²) in [6.07, 6.45) is 1.23. The molecular weight excluding hydrogens is 276 g/mol. The summed E-state index contributed by atoms with van der Waals surface area (Å²) in [6.45, 7) is 3.68. The summed E-state index contributed by atoms with van der Waals surface area (Å²) in [4.78, 5) is 15.8. The van der Waals surface area contributed by atoms with Crippen LogP contribution in [0.25, 0.3) is 11.1 Å². The maximum atomic E-state index is 11.5. The number of ether oxygens (including phenoxy) is 1. The molecule has 0 saturated heterocycles. The number of hydrogen-bond donors (Lipinski definition) is 1. The second kappa shape index (κ2) is 4.49. The van der Waals surface area contributed by atoms with Crippen LogP contribution >= 0.6 is 11.6 Å². The van der Waals surface area contributed by atoms with Gasteiger partial charge in [0.2, 0.25) is 0 Å². The van der Waals surface area contributed by atoms with Gasteiger partial charge in [0.15, 0.2) is 0 Å². The fourth-order valence-corrected chi connectivity index (χ4v) is 2.45. The minimum Gasteiger partial charge on any atom is -0.438 e. The predicted molar refractivity (Wildman–Crippen MR) is 77.8 cm³/mol. The Morgan fingerprint density at radius 2 is 2.05 bits per heavy atom. The molecule has 20 heavy (non-hydrogen) atoms. The lowest BCUT2D eigenvalue weighted by Gasteiger charge is -2.31. The maximum absolute atomic E-state index is 11.5. The summed E-state index contributed by atoms with van der Waals surface area (Å²) in [5, 5.41) is 3.28. The van der Waals surface area contributed by atoms with Crippen LogP contribution in [0.1, 0.15) is 19.4 Å². The number of benzene rings is 1. The number of pyridine rings is 1. The molecule has 2 aromatic rings. The van der Waals surface area contributed by atoms with Crippen molar-refractivity contribution < 1.29 is 9.53 Å². The van der Waals surface area contributed by atoms with E-state index in [4.69, 9.17) is 16.3 Å². The van der Waals surface area contributed by atoms with Gasteiger partial charge in [-0.25, -0.2) is 9.78 Å². The third kappa shape index (κ3) is 2.23. The molecule has 0 saturated carbocycles. The van der Waals surface area contributed by atoms with Crippen LogP contribution in [-0.4, -0.2) is 11.1 Å². The van der Waals surface area contributed by atoms with Gasteiger partial charge < -0.3 is 4.74 Å². The highest BCUT2D eigenvalue weighted by Crippen LogP contribution is 2.36. The van der Waals surface area contributed by atoms with Crippen molar-refractivity contribution in [2.75, 3.05) is 5.32 Å². The highest BCUT2D eigenvalue weighted by Gasteiger charge is 2.34. The molecule has 1 N–H and O–H groups in total. The first-order chi connectivity index (χ1) is 9.45. The van der Waals surface area contributed by atoms with Crippen molar-refractivity contribution in [3.8, 4) is 11.1 Å². The molecule has 0 atom stereocenters. The van der Waals surface area contributed by atoms with Crippen LogP contribution in [0, 0.1) is 0 Å². The first-order valence-electron chi connectivity index (χ1n) is 6.22. The molecule has 1 aromatic heterocycles. The molecule has 1 aromatic carbocycles. The van der Waals surface area contributed by atoms with Crippen LogP contribution in [0.2, 0.25) is 5.02 Å². The van der Waals surface area contributed by atoms with E-state index in [2.05, 4.69) is 10.3 Å². The second-order valence-electron chi connectivity index (χ2n) is 5.16. The number of hydrogen-bond acceptors (Lipinski definition) is 3. The predicted octanol–water partition coefficient (Wildman–Crippen LogP) is 4.20. The molecule has 3 rings (SSSR count). The third-order valence-corrected chi connectivity index (χ3v) is 3.50. The lowest BCUT2D eigenvalue weighted by Crippen LogP contribution is -2.35. The lowest BCUT2D eigenvalue weighted by atomic mass is 9.94. The largest absolute Gasteiger partial charge is 0.438 e. The Hall–Kier alpha value is -2.07. The van der Waals surface area contributed by atoms with Gasteiger partial charge in [-0.1, -0.05) is 23.7 Å². The number of anilines is 1. The fourth-order valence-electron chi connectivity index (χ4n) is 2.26. The smallest absolute Gasteiger partial charge is 0.413 e. The molecule has 1 aliphatic rings. The van der Waals surface area contributed by atoms with E-state index in [9.17, 15) is 4.79 Å². The molecule has 0 fully saturated rings. The third-order valence-electron chi connectivity index (χ3n) is 3.26. The standard InChI is InChI=1S/C15H13ClN2O2/c1-15(2)12-7-10(9-4-3-5-11(16)6-9)8-17-13(12)18-14(19)20-15/h3-8H,1-2H3,(H,17,18,19). The van der Waals surface area contributed by atoms with Gasteiger partial charge >= 0.3 is 6.09 Å². The average molecular weight is 289 g/mol. The Kier molecular flexibility index (Phi) is 2.91. The van der Waals surface area contributed by atoms with Crippen molar-refractivity contribution in [1.82, 2.24) is 4.98 Å². The van der Waals surface area contributed by atoms with E-state index in [1.165, 1.54) is 0 Å². The Balaban J connectivity index is 2.12. The zero-order chi connectivity index (χ0) is 14.3. The van der Waals surface area contributed by atoms with Crippen molar-refractivity contribution in [1.29, 1.82) is 0 Å². The molecule has 2 heterocycles. The van der Waals surface area contributed by atoms with Gasteiger partial charge in [-0.05, 0) is 37.6 Å². The number of cyclic esters (lactones) is 1. The van der Waals surface area contributed by atoms with Crippen LogP contribution in [0.4, 0.5) is 10.6 Å². The monoisotopic (exact) mass is 288 g/mol. The van der Waals surface area contributed by atoms with Gasteiger partial charge in [0, 0.05) is 22.3 Å². The summed E-state index contributed by atoms with van der Waals surface area (Å²) >= 11 is 6.01. The van der Waals surface area contributed by atoms with E-state index < -0.39 is 11.7 Å². The average Bonchev–Trinajstić information content (AvgIpc) is 2.37. The van der Waals surface area contributed by atoms with E-state index in [0.717, 1.165) is 16.7 Å². The van der Waals surface area contributed by atoms with E-state index in [-0.39, 0.29) is 0 Å². The number of nitrogens with one attached hydrogen (secondary N) is 1. The normalized spacial score (nSPS) is 16.1. The summed E-state index contributed by atoms with van der Waals surface area (Å²) in [7, 11) is 0. The number of amides is 1. The highest BCUT2D eigenvalue weighted by molar-refractivity contribution is 6.30. The number of fused-ring (bicyclic) bond motifs is 1. The summed E-state index contributed by atoms with van der Waals surface area (Å²) in [6, 6.07) is 9.52. The summed E-state index contributed by atoms with van der Waals surface area (Å²) in [5.41, 5.74) is 2.04. The van der Waals surface area contributed by atoms with Crippen LogP contribution in [0.15, 0.2) is 36.5 Å². The molecule has 0 unspecified atom stereocenters. The van der Waals surface area contributed by atoms with Crippen LogP contribution in [0.5, 0.6) is 0 Å². The zero-order valence-electron chi connectivity index (χ0n) is 11.1. The van der Waals surface area contributed by atoms with Crippen LogP contribution < -0.4 is 5.32 Å². The van der Waals surface area contributed by atoms with Gasteiger partial charge in [0.1, 0.15) is 11.4 Å². The van der Waals surface area contributed by atoms with E-state index in [0.29, 0.717) is 10.8 Å². The molecule has 0 spiro atoms. The maximum Gasteiger partial charge on any atom is 0.413 e. The molecule has 0 radical (unpaired) electrons. The Labute approximate surface area is 121 Å². The second-order valence-corrected chi connectivity index (χ2v) is 5.59. The first-order valence-corrected chi connectivity index (χ1v) is 6.60. The molecule has 5 heteroatoms. The van der Waals surface area contributed by atoms with Crippen molar-refractivity contribution in [3.63, 3.8) is 0 Å². The molecule has 0 bridgehead atoms. The van der Waals surface area contributed by atoms with Crippen molar-refractivity contribution in [3.05, 3.63) is 47.1 Å². The summed E-state index contributed by atoms with van der Waals surface area (Å²) < 4.78 is 5.30. The summed E-state index contributed by atoms with van der Waals surface area (Å²) in [5.74, 6) is 0.539. The fraction of sp³-hybridized carbons (Fsp3) is 0.200. The number of rotatable bonds is 1. The molecule has 0 aliphatic carbocycles. The van der Waals surface area contributed by atoms with Crippen molar-refractivity contribution in [2.45, 2.75) is 19.4 Å². The van der Waals surface area contributed by atoms with Gasteiger partial charge in [0.05, 0.1) is 0 Å². The Morgan fingerprint density at radius 1 is 1.25 bits per heavy atom. The number of carbonyl (C=O) groups excluding carboxylic acids is 1. The van der Waals surface area contributed by atoms with Crippen LogP contribution in [-0.2, 0) is 10.3 Å². The van der Waals surface area contributed by atoms with Crippen molar-refractivity contribution >= 4 is 23.5 Å². The number of aromatic nitrogens is 1. The number of halogens is 1. The number of nitrogens with zero attached hydrogens (tertiary/aromatic N) is 1. The van der Waals surface area contributed by atoms with Gasteiger partial charge in [-0.2, -0.15) is 0 Å². The Bertz CT molecular complexity index is 698. The topological polar surface area (TPSA) is 51.2 Å². The minimum atomic E-state index is -0.709. The molecule has 4 nitrogen and oxygen atoms in total. The quantitative estimate of drug-likeness (QED) is 0.855. The van der Waals surface area contributed by atoms with Crippen molar-refractivity contribution in [2.24, 2.45) is 0 Å². The first kappa shape index (κ1) is 12.9. The minimum absolute atomic E-state index is 0.481. The van der Waals surface area contributed by atoms with Gasteiger partial charge in [-0.15, -0.1) is 0 Å².